The summed E-state index contributed by atoms with van der Waals surface area (Å²) in [6, 6.07) is 12.2. The molecule has 0 aliphatic heterocycles. The van der Waals surface area contributed by atoms with Crippen LogP contribution < -0.4 is 0 Å². The van der Waals surface area contributed by atoms with Crippen LogP contribution in [0.3, 0.4) is 0 Å². The van der Waals surface area contributed by atoms with Crippen LogP contribution in [0.5, 0.6) is 0 Å². The molecule has 0 saturated heterocycles. The molecule has 0 radical (unpaired) electrons. The monoisotopic (exact) mass is 184 g/mol. The van der Waals surface area contributed by atoms with Crippen molar-refractivity contribution in [2.24, 2.45) is 10.2 Å². The van der Waals surface area contributed by atoms with E-state index in [2.05, 4.69) is 10.2 Å². The summed E-state index contributed by atoms with van der Waals surface area (Å²) < 4.78 is 0. The standard InChI is InChI=1S/C10H8N4/c11-7-6-10(8-12)14-13-9-4-2-1-3-5-9/h1-5,10H,6H2/t10-/m0/s1. The van der Waals surface area contributed by atoms with Gasteiger partial charge in [0.05, 0.1) is 24.2 Å². The average Bonchev–Trinajstić information content (AvgIpc) is 2.25. The molecule has 0 heterocycles. The maximum Gasteiger partial charge on any atom is 0.170 e. The highest BCUT2D eigenvalue weighted by molar-refractivity contribution is 5.34. The third-order valence-electron chi connectivity index (χ3n) is 1.50. The van der Waals surface area contributed by atoms with Gasteiger partial charge in [0.25, 0.3) is 0 Å². The molecule has 0 aliphatic carbocycles. The number of nitriles is 2. The fraction of sp³-hybridized carbons (Fsp3) is 0.200. The molecule has 0 aromatic heterocycles. The maximum absolute atomic E-state index is 8.58. The van der Waals surface area contributed by atoms with Gasteiger partial charge in [-0.15, -0.1) is 0 Å². The van der Waals surface area contributed by atoms with Crippen LogP contribution in [0.2, 0.25) is 0 Å². The highest BCUT2D eigenvalue weighted by Crippen LogP contribution is 2.11. The van der Waals surface area contributed by atoms with Gasteiger partial charge in [0.2, 0.25) is 0 Å². The number of hydrogen-bond donors (Lipinski definition) is 0. The highest BCUT2D eigenvalue weighted by Gasteiger charge is 2.02. The Morgan fingerprint density at radius 1 is 1.21 bits per heavy atom. The van der Waals surface area contributed by atoms with Gasteiger partial charge in [-0.1, -0.05) is 18.2 Å². The Hall–Kier alpha value is -2.20. The Labute approximate surface area is 82.1 Å². The van der Waals surface area contributed by atoms with Gasteiger partial charge in [-0.05, 0) is 12.1 Å². The minimum absolute atomic E-state index is 0.0762. The molecule has 0 bridgehead atoms. The second-order valence-electron chi connectivity index (χ2n) is 2.56. The molecule has 1 aromatic rings. The smallest absolute Gasteiger partial charge is 0.170 e. The van der Waals surface area contributed by atoms with Crippen molar-refractivity contribution in [2.45, 2.75) is 12.5 Å². The van der Waals surface area contributed by atoms with Crippen molar-refractivity contribution in [1.29, 1.82) is 10.5 Å². The molecule has 0 unspecified atom stereocenters. The number of hydrogen-bond acceptors (Lipinski definition) is 4. The quantitative estimate of drug-likeness (QED) is 0.677. The number of azo groups is 1. The van der Waals surface area contributed by atoms with Gasteiger partial charge in [0, 0.05) is 0 Å². The van der Waals surface area contributed by atoms with E-state index in [0.717, 1.165) is 0 Å². The number of nitrogens with zero attached hydrogens (tertiary/aromatic N) is 4. The minimum Gasteiger partial charge on any atom is -0.198 e. The molecule has 0 amide bonds. The first-order valence-corrected chi connectivity index (χ1v) is 4.09. The van der Waals surface area contributed by atoms with Crippen LogP contribution in [-0.4, -0.2) is 6.04 Å². The van der Waals surface area contributed by atoms with Crippen molar-refractivity contribution in [3.63, 3.8) is 0 Å². The molecular formula is C10H8N4. The van der Waals surface area contributed by atoms with Gasteiger partial charge in [-0.3, -0.25) is 0 Å². The van der Waals surface area contributed by atoms with Crippen LogP contribution in [0.15, 0.2) is 40.6 Å². The van der Waals surface area contributed by atoms with E-state index in [1.165, 1.54) is 0 Å². The van der Waals surface area contributed by atoms with Gasteiger partial charge in [0.15, 0.2) is 6.04 Å². The van der Waals surface area contributed by atoms with Crippen LogP contribution in [0.1, 0.15) is 6.42 Å². The molecule has 0 fully saturated rings. The van der Waals surface area contributed by atoms with Crippen molar-refractivity contribution in [2.75, 3.05) is 0 Å². The zero-order chi connectivity index (χ0) is 10.2. The summed E-state index contributed by atoms with van der Waals surface area (Å²) in [7, 11) is 0. The Morgan fingerprint density at radius 3 is 2.50 bits per heavy atom. The van der Waals surface area contributed by atoms with Crippen molar-refractivity contribution in [1.82, 2.24) is 0 Å². The fourth-order valence-corrected chi connectivity index (χ4v) is 0.830. The Balaban J connectivity index is 2.65. The molecule has 1 atom stereocenters. The lowest BCUT2D eigenvalue weighted by Crippen LogP contribution is -1.96. The van der Waals surface area contributed by atoms with Crippen molar-refractivity contribution < 1.29 is 0 Å². The lowest BCUT2D eigenvalue weighted by atomic mass is 10.3. The number of benzene rings is 1. The van der Waals surface area contributed by atoms with E-state index in [0.29, 0.717) is 5.69 Å². The molecule has 14 heavy (non-hydrogen) atoms. The third kappa shape index (κ3) is 3.04. The molecule has 1 aromatic carbocycles. The van der Waals surface area contributed by atoms with Gasteiger partial charge < -0.3 is 0 Å². The van der Waals surface area contributed by atoms with Crippen LogP contribution >= 0.6 is 0 Å². The fourth-order valence-electron chi connectivity index (χ4n) is 0.830. The lowest BCUT2D eigenvalue weighted by Gasteiger charge is -1.94. The molecule has 0 spiro atoms. The van der Waals surface area contributed by atoms with E-state index in [1.54, 1.807) is 12.1 Å². The van der Waals surface area contributed by atoms with Gasteiger partial charge in [-0.2, -0.15) is 20.8 Å². The van der Waals surface area contributed by atoms with Crippen LogP contribution in [0.25, 0.3) is 0 Å². The first kappa shape index (κ1) is 9.88. The predicted octanol–water partition coefficient (Wildman–Crippen LogP) is 2.58. The topological polar surface area (TPSA) is 72.3 Å². The van der Waals surface area contributed by atoms with E-state index in [4.69, 9.17) is 10.5 Å². The average molecular weight is 184 g/mol. The molecule has 4 nitrogen and oxygen atoms in total. The SMILES string of the molecule is N#CC[C@@H](C#N)N=Nc1ccccc1. The second kappa shape index (κ2) is 5.45. The van der Waals surface area contributed by atoms with Gasteiger partial charge in [-0.25, -0.2) is 0 Å². The first-order chi connectivity index (χ1) is 6.86. The highest BCUT2D eigenvalue weighted by atomic mass is 15.1. The Morgan fingerprint density at radius 2 is 1.93 bits per heavy atom. The van der Waals surface area contributed by atoms with Crippen molar-refractivity contribution >= 4 is 5.69 Å². The summed E-state index contributed by atoms with van der Waals surface area (Å²) in [5.74, 6) is 0. The Bertz CT molecular complexity index is 383. The molecule has 0 N–H and O–H groups in total. The normalized spacial score (nSPS) is 11.9. The van der Waals surface area contributed by atoms with E-state index in [-0.39, 0.29) is 6.42 Å². The zero-order valence-corrected chi connectivity index (χ0v) is 7.46. The molecular weight excluding hydrogens is 176 g/mol. The largest absolute Gasteiger partial charge is 0.198 e. The second-order valence-corrected chi connectivity index (χ2v) is 2.56. The number of rotatable bonds is 3. The third-order valence-corrected chi connectivity index (χ3v) is 1.50. The van der Waals surface area contributed by atoms with Crippen LogP contribution in [-0.2, 0) is 0 Å². The molecule has 4 heteroatoms. The van der Waals surface area contributed by atoms with E-state index >= 15 is 0 Å². The lowest BCUT2D eigenvalue weighted by molar-refractivity contribution is 0.802. The molecule has 68 valence electrons. The summed E-state index contributed by atoms with van der Waals surface area (Å²) in [4.78, 5) is 0. The molecule has 0 saturated carbocycles. The summed E-state index contributed by atoms with van der Waals surface area (Å²) in [6.45, 7) is 0. The summed E-state index contributed by atoms with van der Waals surface area (Å²) in [5, 5.41) is 24.5. The van der Waals surface area contributed by atoms with Gasteiger partial charge >= 0.3 is 0 Å². The Kier molecular flexibility index (Phi) is 3.85. The predicted molar refractivity (Wildman–Crippen MR) is 50.6 cm³/mol. The molecule has 0 aliphatic rings. The van der Waals surface area contributed by atoms with E-state index in [9.17, 15) is 0 Å². The summed E-state index contributed by atoms with van der Waals surface area (Å²) >= 11 is 0. The molecule has 1 rings (SSSR count). The zero-order valence-electron chi connectivity index (χ0n) is 7.46. The maximum atomic E-state index is 8.58. The summed E-state index contributed by atoms with van der Waals surface area (Å²) in [6.07, 6.45) is 0.0762. The van der Waals surface area contributed by atoms with Crippen LogP contribution in [0.4, 0.5) is 5.69 Å². The summed E-state index contributed by atoms with van der Waals surface area (Å²) in [5.41, 5.74) is 0.686. The minimum atomic E-state index is -0.666. The van der Waals surface area contributed by atoms with Crippen molar-refractivity contribution in [3.05, 3.63) is 30.3 Å². The van der Waals surface area contributed by atoms with Gasteiger partial charge in [0.1, 0.15) is 0 Å². The van der Waals surface area contributed by atoms with Crippen LogP contribution in [0, 0.1) is 22.7 Å². The van der Waals surface area contributed by atoms with E-state index < -0.39 is 6.04 Å². The van der Waals surface area contributed by atoms with E-state index in [1.807, 2.05) is 30.3 Å². The first-order valence-electron chi connectivity index (χ1n) is 4.09. The van der Waals surface area contributed by atoms with Crippen molar-refractivity contribution in [3.8, 4) is 12.1 Å².